The van der Waals surface area contributed by atoms with Gasteiger partial charge in [0, 0.05) is 32.7 Å². The minimum Gasteiger partial charge on any atom is -0.394 e. The molecule has 1 fully saturated rings. The average Bonchev–Trinajstić information content (AvgIpc) is 2.61. The quantitative estimate of drug-likeness (QED) is 0.697. The summed E-state index contributed by atoms with van der Waals surface area (Å²) < 4.78 is 0. The molecule has 3 N–H and O–H groups in total. The van der Waals surface area contributed by atoms with Gasteiger partial charge in [0.2, 0.25) is 0 Å². The number of nitrogens with zero attached hydrogens (tertiary/aromatic N) is 2. The fraction of sp³-hybridized carbons (Fsp3) is 0.611. The molecular formula is C18H30N4O2. The van der Waals surface area contributed by atoms with Crippen molar-refractivity contribution in [3.63, 3.8) is 0 Å². The molecule has 6 heteroatoms. The molecule has 0 aromatic heterocycles. The van der Waals surface area contributed by atoms with Crippen LogP contribution in [0.3, 0.4) is 0 Å². The minimum absolute atomic E-state index is 0.0433. The molecule has 2 amide bonds. The van der Waals surface area contributed by atoms with Gasteiger partial charge in [0.25, 0.3) is 0 Å². The summed E-state index contributed by atoms with van der Waals surface area (Å²) >= 11 is 0. The summed E-state index contributed by atoms with van der Waals surface area (Å²) in [6, 6.07) is 9.57. The van der Waals surface area contributed by atoms with E-state index in [2.05, 4.69) is 27.5 Å². The summed E-state index contributed by atoms with van der Waals surface area (Å²) in [5, 5.41) is 15.2. The van der Waals surface area contributed by atoms with Gasteiger partial charge in [0.05, 0.1) is 18.7 Å². The number of aliphatic hydroxyl groups is 1. The van der Waals surface area contributed by atoms with Gasteiger partial charge < -0.3 is 20.6 Å². The van der Waals surface area contributed by atoms with Crippen LogP contribution in [-0.2, 0) is 0 Å². The molecule has 1 heterocycles. The Balaban J connectivity index is 1.99. The molecule has 1 aromatic carbocycles. The zero-order valence-electron chi connectivity index (χ0n) is 14.7. The summed E-state index contributed by atoms with van der Waals surface area (Å²) in [4.78, 5) is 17.0. The van der Waals surface area contributed by atoms with Crippen LogP contribution in [0.5, 0.6) is 0 Å². The third kappa shape index (κ3) is 5.78. The Morgan fingerprint density at radius 1 is 1.17 bits per heavy atom. The van der Waals surface area contributed by atoms with E-state index < -0.39 is 0 Å². The van der Waals surface area contributed by atoms with Gasteiger partial charge in [-0.3, -0.25) is 4.90 Å². The van der Waals surface area contributed by atoms with Crippen molar-refractivity contribution in [2.45, 2.75) is 25.4 Å². The normalized spacial score (nSPS) is 18.8. The number of nitrogens with one attached hydrogen (secondary N) is 2. The second kappa shape index (κ2) is 9.61. The molecule has 0 bridgehead atoms. The molecule has 6 nitrogen and oxygen atoms in total. The molecule has 0 saturated carbocycles. The molecule has 1 aliphatic heterocycles. The lowest BCUT2D eigenvalue weighted by molar-refractivity contribution is 0.142. The second-order valence-corrected chi connectivity index (χ2v) is 6.47. The van der Waals surface area contributed by atoms with Gasteiger partial charge in [-0.1, -0.05) is 37.3 Å². The van der Waals surface area contributed by atoms with Crippen LogP contribution >= 0.6 is 0 Å². The van der Waals surface area contributed by atoms with Crippen molar-refractivity contribution in [2.24, 2.45) is 0 Å². The van der Waals surface area contributed by atoms with Crippen LogP contribution in [0.1, 0.15) is 24.9 Å². The molecule has 2 rings (SSSR count). The molecule has 1 saturated heterocycles. The Kier molecular flexibility index (Phi) is 7.49. The molecular weight excluding hydrogens is 304 g/mol. The Labute approximate surface area is 144 Å². The number of aliphatic hydroxyl groups excluding tert-OH is 1. The lowest BCUT2D eigenvalue weighted by Gasteiger charge is -2.35. The number of hydrogen-bond donors (Lipinski definition) is 3. The van der Waals surface area contributed by atoms with Crippen molar-refractivity contribution in [1.29, 1.82) is 0 Å². The Morgan fingerprint density at radius 3 is 2.42 bits per heavy atom. The summed E-state index contributed by atoms with van der Waals surface area (Å²) in [5.41, 5.74) is 1.10. The maximum atomic E-state index is 12.3. The summed E-state index contributed by atoms with van der Waals surface area (Å²) in [6.45, 7) is 6.82. The first-order chi connectivity index (χ1) is 11.6. The standard InChI is InChI=1S/C18H30N4O2/c1-3-16(14-23)19-18(24)20-17(15-7-5-4-6-8-15)13-22-11-9-21(2)10-12-22/h4-8,16-17,23H,3,9-14H2,1-2H3,(H2,19,20,24). The summed E-state index contributed by atoms with van der Waals surface area (Å²) in [7, 11) is 2.14. The van der Waals surface area contributed by atoms with Crippen LogP contribution in [0, 0.1) is 0 Å². The van der Waals surface area contributed by atoms with Crippen LogP contribution in [-0.4, -0.2) is 73.4 Å². The highest BCUT2D eigenvalue weighted by molar-refractivity contribution is 5.74. The summed E-state index contributed by atoms with van der Waals surface area (Å²) in [6.07, 6.45) is 0.707. The number of likely N-dealkylation sites (N-methyl/N-ethyl adjacent to an activating group) is 1. The van der Waals surface area contributed by atoms with Crippen LogP contribution < -0.4 is 10.6 Å². The first-order valence-corrected chi connectivity index (χ1v) is 8.76. The highest BCUT2D eigenvalue weighted by Gasteiger charge is 2.21. The van der Waals surface area contributed by atoms with E-state index in [0.717, 1.165) is 38.3 Å². The van der Waals surface area contributed by atoms with Gasteiger partial charge in [-0.2, -0.15) is 0 Å². The number of carbonyl (C=O) groups excluding carboxylic acids is 1. The smallest absolute Gasteiger partial charge is 0.315 e. The largest absolute Gasteiger partial charge is 0.394 e. The third-order valence-electron chi connectivity index (χ3n) is 4.59. The number of benzene rings is 1. The van der Waals surface area contributed by atoms with Crippen LogP contribution in [0.2, 0.25) is 0 Å². The first kappa shape index (κ1) is 18.7. The zero-order chi connectivity index (χ0) is 17.4. The maximum absolute atomic E-state index is 12.3. The molecule has 0 aliphatic carbocycles. The van der Waals surface area contributed by atoms with E-state index in [1.807, 2.05) is 37.3 Å². The van der Waals surface area contributed by atoms with Crippen LogP contribution in [0.25, 0.3) is 0 Å². The van der Waals surface area contributed by atoms with Crippen molar-refractivity contribution in [2.75, 3.05) is 46.4 Å². The molecule has 24 heavy (non-hydrogen) atoms. The Bertz CT molecular complexity index is 485. The number of hydrogen-bond acceptors (Lipinski definition) is 4. The van der Waals surface area contributed by atoms with Gasteiger partial charge in [-0.05, 0) is 19.0 Å². The molecule has 1 aromatic rings. The highest BCUT2D eigenvalue weighted by atomic mass is 16.3. The van der Waals surface area contributed by atoms with Crippen LogP contribution in [0.15, 0.2) is 30.3 Å². The average molecular weight is 334 g/mol. The van der Waals surface area contributed by atoms with Gasteiger partial charge in [0.15, 0.2) is 0 Å². The molecule has 2 unspecified atom stereocenters. The van der Waals surface area contributed by atoms with Crippen molar-refractivity contribution in [3.05, 3.63) is 35.9 Å². The fourth-order valence-electron chi connectivity index (χ4n) is 2.87. The lowest BCUT2D eigenvalue weighted by Crippen LogP contribution is -2.50. The SMILES string of the molecule is CCC(CO)NC(=O)NC(CN1CCN(C)CC1)c1ccccc1. The van der Waals surface area contributed by atoms with Gasteiger partial charge in [-0.15, -0.1) is 0 Å². The molecule has 2 atom stereocenters. The van der Waals surface area contributed by atoms with Crippen molar-refractivity contribution >= 4 is 6.03 Å². The minimum atomic E-state index is -0.223. The first-order valence-electron chi connectivity index (χ1n) is 8.76. The van der Waals surface area contributed by atoms with E-state index >= 15 is 0 Å². The van der Waals surface area contributed by atoms with Gasteiger partial charge >= 0.3 is 6.03 Å². The number of urea groups is 1. The number of carbonyl (C=O) groups is 1. The van der Waals surface area contributed by atoms with E-state index in [4.69, 9.17) is 0 Å². The molecule has 0 radical (unpaired) electrons. The van der Waals surface area contributed by atoms with Crippen molar-refractivity contribution in [3.8, 4) is 0 Å². The number of amides is 2. The van der Waals surface area contributed by atoms with E-state index in [0.29, 0.717) is 6.42 Å². The third-order valence-corrected chi connectivity index (χ3v) is 4.59. The highest BCUT2D eigenvalue weighted by Crippen LogP contribution is 2.15. The van der Waals surface area contributed by atoms with E-state index in [9.17, 15) is 9.90 Å². The van der Waals surface area contributed by atoms with Gasteiger partial charge in [-0.25, -0.2) is 4.79 Å². The predicted octanol–water partition coefficient (Wildman–Crippen LogP) is 1.05. The molecule has 0 spiro atoms. The lowest BCUT2D eigenvalue weighted by atomic mass is 10.1. The Morgan fingerprint density at radius 2 is 1.83 bits per heavy atom. The topological polar surface area (TPSA) is 67.8 Å². The number of piperazine rings is 1. The monoisotopic (exact) mass is 334 g/mol. The van der Waals surface area contributed by atoms with E-state index in [-0.39, 0.29) is 24.7 Å². The maximum Gasteiger partial charge on any atom is 0.315 e. The van der Waals surface area contributed by atoms with E-state index in [1.165, 1.54) is 0 Å². The van der Waals surface area contributed by atoms with Gasteiger partial charge in [0.1, 0.15) is 0 Å². The zero-order valence-corrected chi connectivity index (χ0v) is 14.7. The van der Waals surface area contributed by atoms with E-state index in [1.54, 1.807) is 0 Å². The second-order valence-electron chi connectivity index (χ2n) is 6.47. The van der Waals surface area contributed by atoms with Crippen molar-refractivity contribution < 1.29 is 9.90 Å². The molecule has 134 valence electrons. The van der Waals surface area contributed by atoms with Crippen molar-refractivity contribution in [1.82, 2.24) is 20.4 Å². The fourth-order valence-corrected chi connectivity index (χ4v) is 2.87. The Hall–Kier alpha value is -1.63. The number of rotatable bonds is 7. The predicted molar refractivity (Wildman–Crippen MR) is 96.0 cm³/mol. The van der Waals surface area contributed by atoms with Crippen LogP contribution in [0.4, 0.5) is 4.79 Å². The summed E-state index contributed by atoms with van der Waals surface area (Å²) in [5.74, 6) is 0. The molecule has 1 aliphatic rings.